The van der Waals surface area contributed by atoms with E-state index in [2.05, 4.69) is 10.3 Å². The van der Waals surface area contributed by atoms with Gasteiger partial charge in [0.2, 0.25) is 0 Å². The normalized spacial score (nSPS) is 10.8. The van der Waals surface area contributed by atoms with Crippen LogP contribution >= 0.6 is 0 Å². The molecule has 21 heavy (non-hydrogen) atoms. The van der Waals surface area contributed by atoms with Crippen molar-refractivity contribution in [2.45, 2.75) is 20.4 Å². The number of fused-ring (bicyclic) bond motifs is 1. The predicted molar refractivity (Wildman–Crippen MR) is 84.5 cm³/mol. The minimum absolute atomic E-state index is 0.106. The van der Waals surface area contributed by atoms with Crippen molar-refractivity contribution in [3.05, 3.63) is 59.9 Å². The largest absolute Gasteiger partial charge is 0.332 e. The van der Waals surface area contributed by atoms with Crippen molar-refractivity contribution in [1.82, 2.24) is 9.55 Å². The number of pyridine rings is 1. The monoisotopic (exact) mass is 279 g/mol. The van der Waals surface area contributed by atoms with Crippen molar-refractivity contribution in [2.24, 2.45) is 0 Å². The molecule has 1 amide bonds. The molecular weight excluding hydrogens is 262 g/mol. The van der Waals surface area contributed by atoms with Crippen LogP contribution in [0.4, 0.5) is 5.69 Å². The van der Waals surface area contributed by atoms with E-state index in [1.54, 1.807) is 6.20 Å². The Morgan fingerprint density at radius 3 is 2.90 bits per heavy atom. The molecule has 0 aliphatic carbocycles. The average Bonchev–Trinajstić information content (AvgIpc) is 2.86. The van der Waals surface area contributed by atoms with E-state index in [1.165, 1.54) is 0 Å². The third-order valence-corrected chi connectivity index (χ3v) is 3.50. The lowest BCUT2D eigenvalue weighted by Gasteiger charge is -2.05. The Bertz CT molecular complexity index is 805. The van der Waals surface area contributed by atoms with Crippen LogP contribution in [0.3, 0.4) is 0 Å². The van der Waals surface area contributed by atoms with Crippen LogP contribution in [0, 0.1) is 6.92 Å². The third-order valence-electron chi connectivity index (χ3n) is 3.50. The number of rotatable bonds is 3. The van der Waals surface area contributed by atoms with Crippen LogP contribution in [0.1, 0.15) is 22.8 Å². The Kier molecular flexibility index (Phi) is 3.44. The molecule has 0 radical (unpaired) electrons. The molecule has 4 heteroatoms. The maximum atomic E-state index is 12.5. The van der Waals surface area contributed by atoms with Crippen LogP contribution in [0.15, 0.2) is 48.8 Å². The molecule has 2 heterocycles. The standard InChI is InChI=1S/C17H17N3O/c1-3-20-11-15(14-8-5-9-18-16(14)20)17(21)19-13-7-4-6-12(2)10-13/h4-11H,3H2,1-2H3,(H,19,21). The molecule has 2 aromatic heterocycles. The van der Waals surface area contributed by atoms with Gasteiger partial charge in [0.05, 0.1) is 5.56 Å². The fraction of sp³-hybridized carbons (Fsp3) is 0.176. The van der Waals surface area contributed by atoms with E-state index in [0.717, 1.165) is 28.8 Å². The number of amides is 1. The van der Waals surface area contributed by atoms with Gasteiger partial charge in [-0.15, -0.1) is 0 Å². The number of carbonyl (C=O) groups is 1. The Labute approximate surface area is 123 Å². The highest BCUT2D eigenvalue weighted by molar-refractivity contribution is 6.12. The number of hydrogen-bond donors (Lipinski definition) is 1. The van der Waals surface area contributed by atoms with Crippen molar-refractivity contribution in [1.29, 1.82) is 0 Å². The van der Waals surface area contributed by atoms with E-state index in [9.17, 15) is 4.79 Å². The Balaban J connectivity index is 1.98. The summed E-state index contributed by atoms with van der Waals surface area (Å²) in [5, 5.41) is 3.83. The van der Waals surface area contributed by atoms with Gasteiger partial charge >= 0.3 is 0 Å². The first-order valence-corrected chi connectivity index (χ1v) is 7.01. The van der Waals surface area contributed by atoms with Gasteiger partial charge in [0.15, 0.2) is 0 Å². The number of aryl methyl sites for hydroxylation is 2. The second-order valence-corrected chi connectivity index (χ2v) is 5.03. The third kappa shape index (κ3) is 2.52. The maximum absolute atomic E-state index is 12.5. The van der Waals surface area contributed by atoms with Crippen LogP contribution in [0.2, 0.25) is 0 Å². The van der Waals surface area contributed by atoms with Crippen LogP contribution in [-0.4, -0.2) is 15.5 Å². The number of nitrogens with zero attached hydrogens (tertiary/aromatic N) is 2. The van der Waals surface area contributed by atoms with Gasteiger partial charge in [-0.1, -0.05) is 12.1 Å². The maximum Gasteiger partial charge on any atom is 0.257 e. The molecule has 106 valence electrons. The van der Waals surface area contributed by atoms with Crippen molar-refractivity contribution in [3.8, 4) is 0 Å². The van der Waals surface area contributed by atoms with Gasteiger partial charge in [-0.3, -0.25) is 4.79 Å². The van der Waals surface area contributed by atoms with E-state index in [-0.39, 0.29) is 5.91 Å². The highest BCUT2D eigenvalue weighted by Crippen LogP contribution is 2.21. The summed E-state index contributed by atoms with van der Waals surface area (Å²) in [6.45, 7) is 4.82. The van der Waals surface area contributed by atoms with Crippen molar-refractivity contribution in [3.63, 3.8) is 0 Å². The van der Waals surface area contributed by atoms with Crippen LogP contribution in [0.25, 0.3) is 11.0 Å². The zero-order chi connectivity index (χ0) is 14.8. The van der Waals surface area contributed by atoms with Gasteiger partial charge in [0.25, 0.3) is 5.91 Å². The summed E-state index contributed by atoms with van der Waals surface area (Å²) < 4.78 is 1.99. The molecule has 0 aliphatic rings. The van der Waals surface area contributed by atoms with Gasteiger partial charge in [-0.05, 0) is 43.7 Å². The molecule has 0 bridgehead atoms. The topological polar surface area (TPSA) is 46.9 Å². The van der Waals surface area contributed by atoms with Crippen molar-refractivity contribution in [2.75, 3.05) is 5.32 Å². The van der Waals surface area contributed by atoms with Gasteiger partial charge in [-0.2, -0.15) is 0 Å². The lowest BCUT2D eigenvalue weighted by molar-refractivity contribution is 0.102. The van der Waals surface area contributed by atoms with E-state index in [1.807, 2.05) is 61.0 Å². The summed E-state index contributed by atoms with van der Waals surface area (Å²) in [5.41, 5.74) is 3.42. The van der Waals surface area contributed by atoms with E-state index in [0.29, 0.717) is 5.56 Å². The van der Waals surface area contributed by atoms with Gasteiger partial charge in [0.1, 0.15) is 5.65 Å². The quantitative estimate of drug-likeness (QED) is 0.796. The molecule has 0 unspecified atom stereocenters. The molecule has 0 fully saturated rings. The number of nitrogens with one attached hydrogen (secondary N) is 1. The zero-order valence-corrected chi connectivity index (χ0v) is 12.1. The van der Waals surface area contributed by atoms with Crippen molar-refractivity contribution < 1.29 is 4.79 Å². The molecule has 1 aromatic carbocycles. The molecule has 0 saturated carbocycles. The Morgan fingerprint density at radius 2 is 2.14 bits per heavy atom. The lowest BCUT2D eigenvalue weighted by Crippen LogP contribution is -2.11. The van der Waals surface area contributed by atoms with Gasteiger partial charge in [0, 0.05) is 30.0 Å². The molecular formula is C17H17N3O. The fourth-order valence-electron chi connectivity index (χ4n) is 2.47. The summed E-state index contributed by atoms with van der Waals surface area (Å²) in [7, 11) is 0. The van der Waals surface area contributed by atoms with Gasteiger partial charge in [-0.25, -0.2) is 4.98 Å². The lowest BCUT2D eigenvalue weighted by atomic mass is 10.2. The van der Waals surface area contributed by atoms with Gasteiger partial charge < -0.3 is 9.88 Å². The zero-order valence-electron chi connectivity index (χ0n) is 12.1. The highest BCUT2D eigenvalue weighted by Gasteiger charge is 2.15. The number of carbonyl (C=O) groups excluding carboxylic acids is 1. The number of hydrogen-bond acceptors (Lipinski definition) is 2. The molecule has 3 aromatic rings. The summed E-state index contributed by atoms with van der Waals surface area (Å²) in [6.07, 6.45) is 3.61. The molecule has 4 nitrogen and oxygen atoms in total. The first-order chi connectivity index (χ1) is 10.2. The second kappa shape index (κ2) is 5.40. The first-order valence-electron chi connectivity index (χ1n) is 7.01. The molecule has 0 spiro atoms. The SMILES string of the molecule is CCn1cc(C(=O)Nc2cccc(C)c2)c2cccnc21. The van der Waals surface area contributed by atoms with E-state index in [4.69, 9.17) is 0 Å². The summed E-state index contributed by atoms with van der Waals surface area (Å²) >= 11 is 0. The van der Waals surface area contributed by atoms with Crippen LogP contribution < -0.4 is 5.32 Å². The summed E-state index contributed by atoms with van der Waals surface area (Å²) in [6, 6.07) is 11.6. The Morgan fingerprint density at radius 1 is 1.29 bits per heavy atom. The molecule has 0 aliphatic heterocycles. The van der Waals surface area contributed by atoms with Crippen LogP contribution in [-0.2, 0) is 6.54 Å². The first kappa shape index (κ1) is 13.4. The molecule has 0 atom stereocenters. The number of benzene rings is 1. The second-order valence-electron chi connectivity index (χ2n) is 5.03. The average molecular weight is 279 g/mol. The smallest absolute Gasteiger partial charge is 0.257 e. The summed E-state index contributed by atoms with van der Waals surface area (Å²) in [5.74, 6) is -0.106. The molecule has 3 rings (SSSR count). The van der Waals surface area contributed by atoms with E-state index < -0.39 is 0 Å². The summed E-state index contributed by atoms with van der Waals surface area (Å²) in [4.78, 5) is 16.9. The predicted octanol–water partition coefficient (Wildman–Crippen LogP) is 3.62. The number of anilines is 1. The van der Waals surface area contributed by atoms with Crippen molar-refractivity contribution >= 4 is 22.6 Å². The minimum Gasteiger partial charge on any atom is -0.332 e. The Hall–Kier alpha value is -2.62. The highest BCUT2D eigenvalue weighted by atomic mass is 16.1. The molecule has 0 saturated heterocycles. The number of aromatic nitrogens is 2. The van der Waals surface area contributed by atoms with E-state index >= 15 is 0 Å². The van der Waals surface area contributed by atoms with Crippen LogP contribution in [0.5, 0.6) is 0 Å². The molecule has 1 N–H and O–H groups in total. The fourth-order valence-corrected chi connectivity index (χ4v) is 2.47. The minimum atomic E-state index is -0.106.